The van der Waals surface area contributed by atoms with E-state index in [1.54, 1.807) is 42.0 Å². The van der Waals surface area contributed by atoms with Crippen LogP contribution >= 0.6 is 11.8 Å². The zero-order valence-corrected chi connectivity index (χ0v) is 15.5. The number of rotatable bonds is 6. The van der Waals surface area contributed by atoms with Gasteiger partial charge in [0.1, 0.15) is 6.54 Å². The zero-order chi connectivity index (χ0) is 20.3. The molecule has 1 fully saturated rings. The molecule has 0 spiro atoms. The fourth-order valence-corrected chi connectivity index (χ4v) is 3.43. The van der Waals surface area contributed by atoms with Gasteiger partial charge in [-0.1, -0.05) is 6.07 Å². The molecular formula is C18H15N3O6S. The number of carbonyl (C=O) groups is 3. The van der Waals surface area contributed by atoms with Crippen molar-refractivity contribution in [3.63, 3.8) is 0 Å². The summed E-state index contributed by atoms with van der Waals surface area (Å²) in [4.78, 5) is 47.6. The monoisotopic (exact) mass is 401 g/mol. The van der Waals surface area contributed by atoms with E-state index in [1.807, 2.05) is 0 Å². The summed E-state index contributed by atoms with van der Waals surface area (Å²) < 4.78 is 6.44. The number of esters is 1. The topological polar surface area (TPSA) is 112 Å². The molecule has 0 saturated carbocycles. The van der Waals surface area contributed by atoms with Crippen molar-refractivity contribution in [2.24, 2.45) is 0 Å². The minimum absolute atomic E-state index is 0.0630. The standard InChI is InChI=1S/C18H15N3O6S/c1-2-27-16(22)11-20-17(23)15(28-18(20)24)10-13-7-4-8-19(13)12-5-3-6-14(9-12)21(25)26/h3-10H,2,11H2,1H3/b15-10-. The number of carbonyl (C=O) groups excluding carboxylic acids is 3. The smallest absolute Gasteiger partial charge is 0.326 e. The third-order valence-corrected chi connectivity index (χ3v) is 4.75. The van der Waals surface area contributed by atoms with Crippen LogP contribution in [0.25, 0.3) is 11.8 Å². The maximum Gasteiger partial charge on any atom is 0.326 e. The fraction of sp³-hybridized carbons (Fsp3) is 0.167. The Labute approximate surface area is 163 Å². The normalized spacial score (nSPS) is 15.3. The summed E-state index contributed by atoms with van der Waals surface area (Å²) in [6.07, 6.45) is 3.20. The van der Waals surface area contributed by atoms with Gasteiger partial charge in [-0.15, -0.1) is 0 Å². The first kappa shape index (κ1) is 19.4. The van der Waals surface area contributed by atoms with Crippen LogP contribution in [-0.2, 0) is 14.3 Å². The third-order valence-electron chi connectivity index (χ3n) is 3.84. The van der Waals surface area contributed by atoms with Gasteiger partial charge in [0.15, 0.2) is 0 Å². The highest BCUT2D eigenvalue weighted by Gasteiger charge is 2.36. The number of non-ortho nitro benzene ring substituents is 1. The van der Waals surface area contributed by atoms with E-state index in [0.29, 0.717) is 11.4 Å². The van der Waals surface area contributed by atoms with Crippen LogP contribution in [0.5, 0.6) is 0 Å². The minimum atomic E-state index is -0.661. The molecule has 144 valence electrons. The van der Waals surface area contributed by atoms with E-state index in [9.17, 15) is 24.5 Å². The summed E-state index contributed by atoms with van der Waals surface area (Å²) >= 11 is 0.721. The maximum absolute atomic E-state index is 12.5. The molecule has 0 radical (unpaired) electrons. The molecule has 0 N–H and O–H groups in total. The number of imide groups is 1. The number of nitro groups is 1. The molecule has 10 heteroatoms. The van der Waals surface area contributed by atoms with Gasteiger partial charge in [0.25, 0.3) is 16.8 Å². The Morgan fingerprint density at radius 1 is 1.29 bits per heavy atom. The minimum Gasteiger partial charge on any atom is -0.465 e. The Bertz CT molecular complexity index is 997. The lowest BCUT2D eigenvalue weighted by molar-refractivity contribution is -0.384. The molecule has 1 aromatic carbocycles. The molecule has 1 aromatic heterocycles. The van der Waals surface area contributed by atoms with Crippen LogP contribution in [0.2, 0.25) is 0 Å². The largest absolute Gasteiger partial charge is 0.465 e. The number of nitrogens with zero attached hydrogens (tertiary/aromatic N) is 3. The van der Waals surface area contributed by atoms with E-state index in [4.69, 9.17) is 4.74 Å². The van der Waals surface area contributed by atoms with Crippen LogP contribution in [0.4, 0.5) is 10.5 Å². The summed E-state index contributed by atoms with van der Waals surface area (Å²) in [7, 11) is 0. The van der Waals surface area contributed by atoms with E-state index < -0.39 is 28.6 Å². The zero-order valence-electron chi connectivity index (χ0n) is 14.7. The quantitative estimate of drug-likeness (QED) is 0.316. The number of hydrogen-bond acceptors (Lipinski definition) is 7. The van der Waals surface area contributed by atoms with E-state index in [2.05, 4.69) is 0 Å². The van der Waals surface area contributed by atoms with Crippen molar-refractivity contribution < 1.29 is 24.0 Å². The number of aromatic nitrogens is 1. The van der Waals surface area contributed by atoms with Gasteiger partial charge < -0.3 is 9.30 Å². The third kappa shape index (κ3) is 3.96. The molecule has 2 aromatic rings. The molecule has 0 atom stereocenters. The average molecular weight is 401 g/mol. The first-order chi connectivity index (χ1) is 13.4. The molecule has 2 amide bonds. The van der Waals surface area contributed by atoms with Gasteiger partial charge in [0.05, 0.1) is 22.1 Å². The number of hydrogen-bond donors (Lipinski definition) is 0. The predicted molar refractivity (Wildman–Crippen MR) is 102 cm³/mol. The molecule has 1 saturated heterocycles. The van der Waals surface area contributed by atoms with Crippen LogP contribution in [0.1, 0.15) is 12.6 Å². The Morgan fingerprint density at radius 3 is 2.79 bits per heavy atom. The summed E-state index contributed by atoms with van der Waals surface area (Å²) in [5, 5.41) is 10.4. The van der Waals surface area contributed by atoms with Crippen molar-refractivity contribution in [3.8, 4) is 5.69 Å². The molecule has 1 aliphatic rings. The molecule has 9 nitrogen and oxygen atoms in total. The average Bonchev–Trinajstić information content (AvgIpc) is 3.22. The second-order valence-electron chi connectivity index (χ2n) is 5.65. The number of ether oxygens (including phenoxy) is 1. The SMILES string of the molecule is CCOC(=O)CN1C(=O)S/C(=C\c2cccn2-c2cccc([N+](=O)[O-])c2)C1=O. The molecule has 0 unspecified atom stereocenters. The second-order valence-corrected chi connectivity index (χ2v) is 6.65. The lowest BCUT2D eigenvalue weighted by atomic mass is 10.2. The van der Waals surface area contributed by atoms with Gasteiger partial charge in [0, 0.05) is 24.0 Å². The number of nitro benzene ring substituents is 1. The summed E-state index contributed by atoms with van der Waals surface area (Å²) in [5.41, 5.74) is 1.03. The van der Waals surface area contributed by atoms with Crippen molar-refractivity contribution in [2.45, 2.75) is 6.92 Å². The first-order valence-corrected chi connectivity index (χ1v) is 9.05. The van der Waals surface area contributed by atoms with Crippen molar-refractivity contribution >= 4 is 40.6 Å². The molecule has 28 heavy (non-hydrogen) atoms. The molecule has 1 aliphatic heterocycles. The van der Waals surface area contributed by atoms with Gasteiger partial charge >= 0.3 is 5.97 Å². The van der Waals surface area contributed by atoms with E-state index in [0.717, 1.165) is 16.7 Å². The highest BCUT2D eigenvalue weighted by atomic mass is 32.2. The van der Waals surface area contributed by atoms with Crippen molar-refractivity contribution in [3.05, 3.63) is 63.3 Å². The Kier molecular flexibility index (Phi) is 5.59. The lowest BCUT2D eigenvalue weighted by Crippen LogP contribution is -2.34. The van der Waals surface area contributed by atoms with Crippen molar-refractivity contribution in [1.82, 2.24) is 9.47 Å². The van der Waals surface area contributed by atoms with Crippen LogP contribution in [0.15, 0.2) is 47.5 Å². The molecule has 0 aliphatic carbocycles. The number of amides is 2. The summed E-state index contributed by atoms with van der Waals surface area (Å²) in [5.74, 6) is -1.25. The first-order valence-electron chi connectivity index (χ1n) is 8.24. The highest BCUT2D eigenvalue weighted by molar-refractivity contribution is 8.18. The van der Waals surface area contributed by atoms with Crippen molar-refractivity contribution in [1.29, 1.82) is 0 Å². The van der Waals surface area contributed by atoms with E-state index >= 15 is 0 Å². The highest BCUT2D eigenvalue weighted by Crippen LogP contribution is 2.32. The van der Waals surface area contributed by atoms with E-state index in [1.165, 1.54) is 18.2 Å². The van der Waals surface area contributed by atoms with Crippen LogP contribution in [0, 0.1) is 10.1 Å². The Balaban J connectivity index is 1.88. The molecule has 0 bridgehead atoms. The lowest BCUT2D eigenvalue weighted by Gasteiger charge is -2.11. The summed E-state index contributed by atoms with van der Waals surface area (Å²) in [6.45, 7) is 1.34. The van der Waals surface area contributed by atoms with Gasteiger partial charge in [0.2, 0.25) is 0 Å². The van der Waals surface area contributed by atoms with Crippen molar-refractivity contribution in [2.75, 3.05) is 13.2 Å². The van der Waals surface area contributed by atoms with Crippen LogP contribution in [0.3, 0.4) is 0 Å². The molecular weight excluding hydrogens is 386 g/mol. The number of thioether (sulfide) groups is 1. The van der Waals surface area contributed by atoms with Gasteiger partial charge in [-0.25, -0.2) is 0 Å². The molecule has 3 rings (SSSR count). The van der Waals surface area contributed by atoms with Gasteiger partial charge in [-0.3, -0.25) is 29.4 Å². The van der Waals surface area contributed by atoms with Gasteiger partial charge in [-0.05, 0) is 43.0 Å². The second kappa shape index (κ2) is 8.09. The Hall–Kier alpha value is -3.40. The Morgan fingerprint density at radius 2 is 2.07 bits per heavy atom. The van der Waals surface area contributed by atoms with Crippen LogP contribution in [-0.4, -0.2) is 44.7 Å². The maximum atomic E-state index is 12.5. The van der Waals surface area contributed by atoms with E-state index in [-0.39, 0.29) is 17.2 Å². The molecule has 2 heterocycles. The summed E-state index contributed by atoms with van der Waals surface area (Å²) in [6, 6.07) is 9.46. The van der Waals surface area contributed by atoms with Crippen LogP contribution < -0.4 is 0 Å². The predicted octanol–water partition coefficient (Wildman–Crippen LogP) is 2.98. The van der Waals surface area contributed by atoms with Gasteiger partial charge in [-0.2, -0.15) is 0 Å². The number of benzene rings is 1. The fourth-order valence-electron chi connectivity index (χ4n) is 2.61.